The molecule has 0 saturated heterocycles. The molecule has 0 aliphatic heterocycles. The molecule has 0 aliphatic rings. The van der Waals surface area contributed by atoms with Crippen molar-refractivity contribution in [3.05, 3.63) is 72.8 Å². The summed E-state index contributed by atoms with van der Waals surface area (Å²) < 4.78 is 1.79. The van der Waals surface area contributed by atoms with Gasteiger partial charge in [-0.3, -0.25) is 19.7 Å². The topological polar surface area (TPSA) is 72.3 Å². The summed E-state index contributed by atoms with van der Waals surface area (Å²) in [6.45, 7) is 1.99. The Morgan fingerprint density at radius 2 is 1.82 bits per heavy atom. The van der Waals surface area contributed by atoms with Crippen molar-refractivity contribution >= 4 is 10.9 Å². The molecule has 0 spiro atoms. The number of fused-ring (bicyclic) bond motifs is 1. The first kappa shape index (κ1) is 16.4. The summed E-state index contributed by atoms with van der Waals surface area (Å²) in [6.07, 6.45) is 5.64. The van der Waals surface area contributed by atoms with E-state index in [1.807, 2.05) is 62.9 Å². The van der Waals surface area contributed by atoms with E-state index >= 15 is 0 Å². The average molecular weight is 366 g/mol. The summed E-state index contributed by atoms with van der Waals surface area (Å²) in [5.74, 6) is 0. The number of hydrogen-bond acceptors (Lipinski definition) is 4. The van der Waals surface area contributed by atoms with E-state index in [9.17, 15) is 0 Å². The fraction of sp³-hybridized carbons (Fsp3) is 0.0909. The van der Waals surface area contributed by atoms with Crippen molar-refractivity contribution in [1.82, 2.24) is 29.9 Å². The normalized spacial score (nSPS) is 11.2. The summed E-state index contributed by atoms with van der Waals surface area (Å²) in [6, 6.07) is 16.3. The average Bonchev–Trinajstić information content (AvgIpc) is 3.36. The lowest BCUT2D eigenvalue weighted by atomic mass is 10.0. The molecule has 5 rings (SSSR count). The zero-order valence-electron chi connectivity index (χ0n) is 15.6. The Labute approximate surface area is 161 Å². The Morgan fingerprint density at radius 3 is 2.64 bits per heavy atom. The quantitative estimate of drug-likeness (QED) is 0.514. The molecule has 6 heteroatoms. The van der Waals surface area contributed by atoms with Crippen LogP contribution in [0.5, 0.6) is 0 Å². The highest BCUT2D eigenvalue weighted by Gasteiger charge is 2.12. The van der Waals surface area contributed by atoms with Gasteiger partial charge >= 0.3 is 0 Å². The molecule has 0 radical (unpaired) electrons. The first-order chi connectivity index (χ1) is 13.7. The van der Waals surface area contributed by atoms with Gasteiger partial charge in [-0.2, -0.15) is 10.2 Å². The van der Waals surface area contributed by atoms with E-state index in [0.29, 0.717) is 0 Å². The van der Waals surface area contributed by atoms with Crippen LogP contribution in [0.25, 0.3) is 44.7 Å². The van der Waals surface area contributed by atoms with E-state index in [2.05, 4.69) is 43.5 Å². The van der Waals surface area contributed by atoms with Crippen molar-refractivity contribution in [3.8, 4) is 33.8 Å². The van der Waals surface area contributed by atoms with Crippen LogP contribution in [-0.2, 0) is 7.05 Å². The Bertz CT molecular complexity index is 1300. The third-order valence-corrected chi connectivity index (χ3v) is 4.79. The van der Waals surface area contributed by atoms with E-state index in [1.165, 1.54) is 0 Å². The molecule has 0 saturated carbocycles. The van der Waals surface area contributed by atoms with E-state index < -0.39 is 0 Å². The van der Waals surface area contributed by atoms with Crippen molar-refractivity contribution in [2.45, 2.75) is 6.92 Å². The van der Waals surface area contributed by atoms with Crippen LogP contribution in [0, 0.1) is 6.92 Å². The molecule has 0 aliphatic carbocycles. The molecule has 136 valence electrons. The molecule has 6 nitrogen and oxygen atoms in total. The van der Waals surface area contributed by atoms with Crippen molar-refractivity contribution in [3.63, 3.8) is 0 Å². The highest BCUT2D eigenvalue weighted by molar-refractivity contribution is 5.89. The summed E-state index contributed by atoms with van der Waals surface area (Å²) in [7, 11) is 1.91. The van der Waals surface area contributed by atoms with Crippen molar-refractivity contribution in [2.75, 3.05) is 0 Å². The lowest BCUT2D eigenvalue weighted by Gasteiger charge is -2.06. The van der Waals surface area contributed by atoms with Crippen LogP contribution in [0.15, 0.2) is 67.1 Å². The first-order valence-electron chi connectivity index (χ1n) is 9.05. The molecule has 1 N–H and O–H groups in total. The van der Waals surface area contributed by atoms with Crippen LogP contribution in [0.1, 0.15) is 5.69 Å². The SMILES string of the molecule is Cc1cccc(-c2[nH]ncc2-c2ccc3ncc(-c4ccn(C)n4)cc3c2)n1. The number of pyridine rings is 2. The van der Waals surface area contributed by atoms with Crippen LogP contribution in [0.4, 0.5) is 0 Å². The first-order valence-corrected chi connectivity index (χ1v) is 9.05. The summed E-state index contributed by atoms with van der Waals surface area (Å²) >= 11 is 0. The molecule has 0 fully saturated rings. The maximum absolute atomic E-state index is 4.63. The highest BCUT2D eigenvalue weighted by atomic mass is 15.2. The Balaban J connectivity index is 1.62. The molecule has 28 heavy (non-hydrogen) atoms. The molecular weight excluding hydrogens is 348 g/mol. The minimum atomic E-state index is 0.882. The molecule has 1 aromatic carbocycles. The van der Waals surface area contributed by atoms with Gasteiger partial charge in [0.25, 0.3) is 0 Å². The Hall–Kier alpha value is -3.80. The maximum atomic E-state index is 4.63. The molecule has 5 aromatic rings. The number of hydrogen-bond donors (Lipinski definition) is 1. The van der Waals surface area contributed by atoms with Gasteiger partial charge in [-0.1, -0.05) is 12.1 Å². The van der Waals surface area contributed by atoms with Gasteiger partial charge in [0.1, 0.15) is 0 Å². The predicted molar refractivity (Wildman–Crippen MR) is 109 cm³/mol. The summed E-state index contributed by atoms with van der Waals surface area (Å²) in [4.78, 5) is 9.22. The molecule has 0 bridgehead atoms. The number of benzene rings is 1. The number of aromatic amines is 1. The van der Waals surface area contributed by atoms with Crippen molar-refractivity contribution in [2.24, 2.45) is 7.05 Å². The zero-order valence-corrected chi connectivity index (χ0v) is 15.6. The van der Waals surface area contributed by atoms with Crippen LogP contribution in [0.3, 0.4) is 0 Å². The number of H-pyrrole nitrogens is 1. The second-order valence-electron chi connectivity index (χ2n) is 6.83. The van der Waals surface area contributed by atoms with Gasteiger partial charge in [0.05, 0.1) is 28.8 Å². The molecule has 0 atom stereocenters. The smallest absolute Gasteiger partial charge is 0.0938 e. The minimum Gasteiger partial charge on any atom is -0.276 e. The summed E-state index contributed by atoms with van der Waals surface area (Å²) in [5, 5.41) is 12.9. The van der Waals surface area contributed by atoms with E-state index in [0.717, 1.165) is 50.4 Å². The number of aryl methyl sites for hydroxylation is 2. The molecule has 0 amide bonds. The van der Waals surface area contributed by atoms with Crippen molar-refractivity contribution < 1.29 is 0 Å². The lowest BCUT2D eigenvalue weighted by molar-refractivity contribution is 0.771. The van der Waals surface area contributed by atoms with E-state index in [1.54, 1.807) is 4.68 Å². The van der Waals surface area contributed by atoms with Gasteiger partial charge in [0.15, 0.2) is 0 Å². The van der Waals surface area contributed by atoms with E-state index in [4.69, 9.17) is 0 Å². The molecular formula is C22H18N6. The van der Waals surface area contributed by atoms with Gasteiger partial charge in [0, 0.05) is 41.6 Å². The fourth-order valence-corrected chi connectivity index (χ4v) is 3.39. The standard InChI is InChI=1S/C22H18N6/c1-14-4-3-5-21(25-14)22-18(13-24-26-22)15-6-7-19-16(10-15)11-17(12-23-19)20-8-9-28(2)27-20/h3-13H,1-2H3,(H,24,26). The fourth-order valence-electron chi connectivity index (χ4n) is 3.39. The maximum Gasteiger partial charge on any atom is 0.0938 e. The van der Waals surface area contributed by atoms with Gasteiger partial charge < -0.3 is 0 Å². The van der Waals surface area contributed by atoms with Crippen LogP contribution in [0.2, 0.25) is 0 Å². The van der Waals surface area contributed by atoms with Crippen molar-refractivity contribution in [1.29, 1.82) is 0 Å². The third kappa shape index (κ3) is 2.85. The molecule has 4 aromatic heterocycles. The number of rotatable bonds is 3. The second kappa shape index (κ2) is 6.42. The Kier molecular flexibility index (Phi) is 3.76. The third-order valence-electron chi connectivity index (χ3n) is 4.79. The zero-order chi connectivity index (χ0) is 19.1. The number of aromatic nitrogens is 6. The predicted octanol–water partition coefficient (Wildman–Crippen LogP) is 4.40. The summed E-state index contributed by atoms with van der Waals surface area (Å²) in [5.41, 5.74) is 7.71. The monoisotopic (exact) mass is 366 g/mol. The minimum absolute atomic E-state index is 0.882. The second-order valence-corrected chi connectivity index (χ2v) is 6.83. The number of nitrogens with zero attached hydrogens (tertiary/aromatic N) is 5. The molecule has 0 unspecified atom stereocenters. The van der Waals surface area contributed by atoms with Gasteiger partial charge in [0.2, 0.25) is 0 Å². The number of nitrogens with one attached hydrogen (secondary N) is 1. The van der Waals surface area contributed by atoms with Crippen LogP contribution in [-0.4, -0.2) is 29.9 Å². The largest absolute Gasteiger partial charge is 0.276 e. The van der Waals surface area contributed by atoms with Gasteiger partial charge in [-0.25, -0.2) is 0 Å². The van der Waals surface area contributed by atoms with Gasteiger partial charge in [-0.15, -0.1) is 0 Å². The van der Waals surface area contributed by atoms with E-state index in [-0.39, 0.29) is 0 Å². The highest BCUT2D eigenvalue weighted by Crippen LogP contribution is 2.31. The van der Waals surface area contributed by atoms with Gasteiger partial charge in [-0.05, 0) is 48.9 Å². The Morgan fingerprint density at radius 1 is 0.929 bits per heavy atom. The lowest BCUT2D eigenvalue weighted by Crippen LogP contribution is -1.90. The van der Waals surface area contributed by atoms with Crippen LogP contribution < -0.4 is 0 Å². The van der Waals surface area contributed by atoms with Crippen LogP contribution >= 0.6 is 0 Å². The molecule has 4 heterocycles.